The molecule has 158 valence electrons. The van der Waals surface area contributed by atoms with E-state index in [1.807, 2.05) is 42.5 Å². The van der Waals surface area contributed by atoms with Gasteiger partial charge in [0.15, 0.2) is 0 Å². The van der Waals surface area contributed by atoms with Crippen molar-refractivity contribution in [2.45, 2.75) is 38.7 Å². The van der Waals surface area contributed by atoms with Gasteiger partial charge < -0.3 is 14.6 Å². The molecule has 2 aromatic rings. The second-order valence-electron chi connectivity index (χ2n) is 7.48. The van der Waals surface area contributed by atoms with Gasteiger partial charge >= 0.3 is 0 Å². The van der Waals surface area contributed by atoms with Crippen LogP contribution in [-0.4, -0.2) is 24.4 Å². The summed E-state index contributed by atoms with van der Waals surface area (Å²) in [6.45, 7) is 7.48. The first-order valence-corrected chi connectivity index (χ1v) is 11.2. The molecule has 4 heteroatoms. The smallest absolute Gasteiger partial charge is 0.122 e. The van der Waals surface area contributed by atoms with Crippen molar-refractivity contribution in [1.29, 1.82) is 0 Å². The lowest BCUT2D eigenvalue weighted by Gasteiger charge is -2.18. The lowest BCUT2D eigenvalue weighted by atomic mass is 9.95. The fraction of sp³-hybridized carbons (Fsp3) is 0.308. The zero-order valence-electron chi connectivity index (χ0n) is 17.4. The molecular formula is C26H29BrO3. The van der Waals surface area contributed by atoms with Crippen molar-refractivity contribution in [3.05, 3.63) is 87.9 Å². The summed E-state index contributed by atoms with van der Waals surface area (Å²) >= 11 is 3.48. The van der Waals surface area contributed by atoms with Gasteiger partial charge in [0.05, 0.1) is 12.7 Å². The van der Waals surface area contributed by atoms with E-state index in [9.17, 15) is 5.11 Å². The minimum Gasteiger partial charge on any atom is -0.507 e. The molecule has 30 heavy (non-hydrogen) atoms. The third kappa shape index (κ3) is 6.35. The van der Waals surface area contributed by atoms with Crippen LogP contribution in [0.2, 0.25) is 0 Å². The minimum absolute atomic E-state index is 0.0354. The second-order valence-corrected chi connectivity index (χ2v) is 8.40. The highest BCUT2D eigenvalue weighted by molar-refractivity contribution is 9.10. The van der Waals surface area contributed by atoms with E-state index in [1.165, 1.54) is 5.57 Å². The number of rotatable bonds is 10. The van der Waals surface area contributed by atoms with Crippen molar-refractivity contribution in [1.82, 2.24) is 0 Å². The van der Waals surface area contributed by atoms with Gasteiger partial charge in [0.2, 0.25) is 0 Å². The topological polar surface area (TPSA) is 38.7 Å². The highest BCUT2D eigenvalue weighted by Gasteiger charge is 2.22. The van der Waals surface area contributed by atoms with Crippen LogP contribution in [0.4, 0.5) is 0 Å². The van der Waals surface area contributed by atoms with Crippen LogP contribution < -0.4 is 4.74 Å². The van der Waals surface area contributed by atoms with Crippen molar-refractivity contribution in [2.24, 2.45) is 0 Å². The fourth-order valence-corrected chi connectivity index (χ4v) is 4.00. The molecule has 0 radical (unpaired) electrons. The van der Waals surface area contributed by atoms with E-state index in [1.54, 1.807) is 6.07 Å². The summed E-state index contributed by atoms with van der Waals surface area (Å²) in [6.07, 6.45) is 8.11. The third-order valence-electron chi connectivity index (χ3n) is 5.16. The Morgan fingerprint density at radius 1 is 1.23 bits per heavy atom. The van der Waals surface area contributed by atoms with Crippen molar-refractivity contribution >= 4 is 22.0 Å². The maximum Gasteiger partial charge on any atom is 0.122 e. The Morgan fingerprint density at radius 3 is 2.80 bits per heavy atom. The van der Waals surface area contributed by atoms with Crippen LogP contribution in [0.3, 0.4) is 0 Å². The Balaban J connectivity index is 1.61. The number of halogens is 1. The van der Waals surface area contributed by atoms with Crippen molar-refractivity contribution in [3.63, 3.8) is 0 Å². The molecule has 1 aliphatic rings. The summed E-state index contributed by atoms with van der Waals surface area (Å²) in [6, 6.07) is 15.3. The summed E-state index contributed by atoms with van der Waals surface area (Å²) in [5, 5.41) is 10.2. The Bertz CT molecular complexity index is 915. The van der Waals surface area contributed by atoms with Gasteiger partial charge in [-0.1, -0.05) is 71.8 Å². The second kappa shape index (κ2) is 11.2. The van der Waals surface area contributed by atoms with Crippen molar-refractivity contribution in [3.8, 4) is 11.5 Å². The van der Waals surface area contributed by atoms with Gasteiger partial charge in [0.25, 0.3) is 0 Å². The molecule has 0 saturated heterocycles. The fourth-order valence-electron chi connectivity index (χ4n) is 3.62. The molecule has 2 aromatic carbocycles. The molecule has 1 aliphatic heterocycles. The largest absolute Gasteiger partial charge is 0.507 e. The van der Waals surface area contributed by atoms with Gasteiger partial charge in [-0.3, -0.25) is 0 Å². The summed E-state index contributed by atoms with van der Waals surface area (Å²) in [5.74, 6) is 1.15. The van der Waals surface area contributed by atoms with Gasteiger partial charge in [-0.2, -0.15) is 0 Å². The highest BCUT2D eigenvalue weighted by atomic mass is 79.9. The third-order valence-corrected chi connectivity index (χ3v) is 5.65. The van der Waals surface area contributed by atoms with Crippen LogP contribution in [0.15, 0.2) is 82.4 Å². The van der Waals surface area contributed by atoms with E-state index in [0.717, 1.165) is 52.6 Å². The lowest BCUT2D eigenvalue weighted by Crippen LogP contribution is -2.15. The number of hydrogen-bond donors (Lipinski definition) is 1. The number of ether oxygens (including phenoxy) is 2. The maximum absolute atomic E-state index is 10.2. The van der Waals surface area contributed by atoms with E-state index >= 15 is 0 Å². The quantitative estimate of drug-likeness (QED) is 0.404. The zero-order valence-corrected chi connectivity index (χ0v) is 19.0. The molecule has 0 aromatic heterocycles. The van der Waals surface area contributed by atoms with Crippen LogP contribution in [0.5, 0.6) is 11.5 Å². The number of allylic oxidation sites excluding steroid dienone is 1. The summed E-state index contributed by atoms with van der Waals surface area (Å²) < 4.78 is 12.8. The number of phenols is 1. The van der Waals surface area contributed by atoms with Gasteiger partial charge in [0, 0.05) is 10.0 Å². The van der Waals surface area contributed by atoms with E-state index in [2.05, 4.69) is 41.6 Å². The predicted octanol–water partition coefficient (Wildman–Crippen LogP) is 7.08. The molecule has 0 aliphatic carbocycles. The Labute approximate surface area is 187 Å². The molecule has 1 heterocycles. The average Bonchev–Trinajstić information content (AvgIpc) is 3.22. The first kappa shape index (κ1) is 22.4. The monoisotopic (exact) mass is 468 g/mol. The number of aromatic hydroxyl groups is 1. The SMILES string of the molecule is C=C(COc1ccccc1)C1=CCOC1CC/C(=C/c1cc(Br)ccc1O)CCC. The first-order valence-electron chi connectivity index (χ1n) is 10.4. The summed E-state index contributed by atoms with van der Waals surface area (Å²) in [5.41, 5.74) is 4.27. The van der Waals surface area contributed by atoms with Gasteiger partial charge in [-0.25, -0.2) is 0 Å². The molecule has 3 nitrogen and oxygen atoms in total. The molecular weight excluding hydrogens is 440 g/mol. The van der Waals surface area contributed by atoms with Crippen LogP contribution >= 0.6 is 15.9 Å². The van der Waals surface area contributed by atoms with Crippen LogP contribution in [0.25, 0.3) is 6.08 Å². The number of hydrogen-bond acceptors (Lipinski definition) is 3. The first-order chi connectivity index (χ1) is 14.6. The van der Waals surface area contributed by atoms with E-state index in [4.69, 9.17) is 9.47 Å². The standard InChI is InChI=1S/C26H29BrO3/c1-3-7-20(16-21-17-22(27)11-12-25(21)28)10-13-26-24(14-15-29-26)19(2)18-30-23-8-5-4-6-9-23/h4-6,8-9,11-12,14,16-17,26,28H,2-3,7,10,13,15,18H2,1H3/b20-16+. The highest BCUT2D eigenvalue weighted by Crippen LogP contribution is 2.30. The Hall–Kier alpha value is -2.30. The van der Waals surface area contributed by atoms with Gasteiger partial charge in [0.1, 0.15) is 18.1 Å². The van der Waals surface area contributed by atoms with Gasteiger partial charge in [-0.15, -0.1) is 0 Å². The Kier molecular flexibility index (Phi) is 8.35. The van der Waals surface area contributed by atoms with Crippen LogP contribution in [0, 0.1) is 0 Å². The summed E-state index contributed by atoms with van der Waals surface area (Å²) in [4.78, 5) is 0. The zero-order chi connectivity index (χ0) is 21.3. The lowest BCUT2D eigenvalue weighted by molar-refractivity contribution is 0.116. The maximum atomic E-state index is 10.2. The van der Waals surface area contributed by atoms with Crippen LogP contribution in [-0.2, 0) is 4.74 Å². The molecule has 3 rings (SSSR count). The van der Waals surface area contributed by atoms with E-state index in [0.29, 0.717) is 19.0 Å². The van der Waals surface area contributed by atoms with Crippen LogP contribution in [0.1, 0.15) is 38.2 Å². The Morgan fingerprint density at radius 2 is 2.03 bits per heavy atom. The molecule has 1 N–H and O–H groups in total. The number of para-hydroxylation sites is 1. The predicted molar refractivity (Wildman–Crippen MR) is 127 cm³/mol. The molecule has 0 bridgehead atoms. The average molecular weight is 469 g/mol. The molecule has 0 amide bonds. The normalized spacial score (nSPS) is 16.4. The van der Waals surface area contributed by atoms with Crippen molar-refractivity contribution < 1.29 is 14.6 Å². The molecule has 0 spiro atoms. The van der Waals surface area contributed by atoms with Gasteiger partial charge in [-0.05, 0) is 60.7 Å². The molecule has 1 unspecified atom stereocenters. The van der Waals surface area contributed by atoms with Crippen molar-refractivity contribution in [2.75, 3.05) is 13.2 Å². The molecule has 1 atom stereocenters. The minimum atomic E-state index is 0.0354. The number of phenolic OH excluding ortho intramolecular Hbond substituents is 1. The molecule has 0 saturated carbocycles. The number of benzene rings is 2. The van der Waals surface area contributed by atoms with E-state index < -0.39 is 0 Å². The summed E-state index contributed by atoms with van der Waals surface area (Å²) in [7, 11) is 0. The van der Waals surface area contributed by atoms with E-state index in [-0.39, 0.29) is 6.10 Å². The molecule has 0 fully saturated rings.